The zero-order valence-electron chi connectivity index (χ0n) is 19.8. The van der Waals surface area contributed by atoms with E-state index in [0.717, 1.165) is 41.8 Å². The van der Waals surface area contributed by atoms with Gasteiger partial charge in [-0.25, -0.2) is 9.59 Å². The molecule has 0 bridgehead atoms. The fourth-order valence-electron chi connectivity index (χ4n) is 5.43. The molecule has 1 aromatic carbocycles. The van der Waals surface area contributed by atoms with Gasteiger partial charge < -0.3 is 10.0 Å². The van der Waals surface area contributed by atoms with Crippen LogP contribution in [0.5, 0.6) is 0 Å². The maximum absolute atomic E-state index is 13.2. The Hall–Kier alpha value is -3.13. The number of carboxylic acid groups (broad SMARTS) is 1. The molecular formula is C24H22F6N4O3S. The third-order valence-corrected chi connectivity index (χ3v) is 8.45. The van der Waals surface area contributed by atoms with E-state index in [0.29, 0.717) is 35.0 Å². The summed E-state index contributed by atoms with van der Waals surface area (Å²) in [4.78, 5) is 28.6. The molecule has 0 atom stereocenters. The lowest BCUT2D eigenvalue weighted by Crippen LogP contribution is -2.53. The number of likely N-dealkylation sites (tertiary alicyclic amines) is 2. The molecule has 2 aliphatic heterocycles. The minimum atomic E-state index is -4.97. The Morgan fingerprint density at radius 1 is 1.00 bits per heavy atom. The van der Waals surface area contributed by atoms with Crippen LogP contribution < -0.4 is 0 Å². The Labute approximate surface area is 216 Å². The fourth-order valence-corrected chi connectivity index (χ4v) is 6.55. The number of halogens is 6. The quantitative estimate of drug-likeness (QED) is 0.402. The Morgan fingerprint density at radius 3 is 2.32 bits per heavy atom. The highest BCUT2D eigenvalue weighted by Gasteiger charge is 2.45. The smallest absolute Gasteiger partial charge is 0.420 e. The van der Waals surface area contributed by atoms with Gasteiger partial charge in [-0.2, -0.15) is 36.1 Å². The molecule has 0 radical (unpaired) electrons. The van der Waals surface area contributed by atoms with Gasteiger partial charge in [0, 0.05) is 40.9 Å². The molecule has 14 heteroatoms. The predicted molar refractivity (Wildman–Crippen MR) is 125 cm³/mol. The molecule has 2 saturated heterocycles. The van der Waals surface area contributed by atoms with E-state index in [-0.39, 0.29) is 18.6 Å². The first-order valence-electron chi connectivity index (χ1n) is 11.8. The number of alkyl halides is 6. The minimum Gasteiger partial charge on any atom is -0.476 e. The molecule has 0 unspecified atom stereocenters. The van der Waals surface area contributed by atoms with Crippen LogP contribution in [0, 0.1) is 0 Å². The van der Waals surface area contributed by atoms with Gasteiger partial charge in [0.15, 0.2) is 5.69 Å². The molecule has 1 N–H and O–H groups in total. The van der Waals surface area contributed by atoms with Crippen LogP contribution in [-0.2, 0) is 18.9 Å². The first kappa shape index (κ1) is 26.5. The standard InChI is InChI=1S/C24H22F6N4O3S/c25-23(26,27)15-3-2-14-10-16(38-18(14)11-15)12-33-7-1-4-22(33)5-8-32(9-6-22)21(37)34-13-17(24(28,29)30)19(31-34)20(35)36/h2-3,10-11,13H,1,4-9,12H2,(H,35,36). The first-order chi connectivity index (χ1) is 17.8. The normalized spacial score (nSPS) is 18.5. The number of fused-ring (bicyclic) bond motifs is 1. The topological polar surface area (TPSA) is 78.7 Å². The Balaban J connectivity index is 1.28. The largest absolute Gasteiger partial charge is 0.476 e. The Morgan fingerprint density at radius 2 is 1.71 bits per heavy atom. The first-order valence-corrected chi connectivity index (χ1v) is 12.6. The molecule has 7 nitrogen and oxygen atoms in total. The van der Waals surface area contributed by atoms with Gasteiger partial charge in [0.2, 0.25) is 0 Å². The average Bonchev–Trinajstić information content (AvgIpc) is 3.55. The number of benzene rings is 1. The fraction of sp³-hybridized carbons (Fsp3) is 0.458. The number of carboxylic acids is 1. The van der Waals surface area contributed by atoms with Gasteiger partial charge >= 0.3 is 24.4 Å². The number of piperidine rings is 1. The number of nitrogens with zero attached hydrogens (tertiary/aromatic N) is 4. The number of thiophene rings is 1. The van der Waals surface area contributed by atoms with Crippen molar-refractivity contribution in [3.63, 3.8) is 0 Å². The second-order valence-corrected chi connectivity index (χ2v) is 10.8. The molecule has 2 aromatic heterocycles. The molecule has 4 heterocycles. The van der Waals surface area contributed by atoms with Crippen LogP contribution in [-0.4, -0.2) is 61.9 Å². The van der Waals surface area contributed by atoms with E-state index in [1.54, 1.807) is 0 Å². The number of aromatic nitrogens is 2. The van der Waals surface area contributed by atoms with E-state index in [2.05, 4.69) is 10.00 Å². The molecule has 0 aliphatic carbocycles. The molecule has 3 aromatic rings. The Bertz CT molecular complexity index is 1390. The lowest BCUT2D eigenvalue weighted by Gasteiger charge is -2.44. The highest BCUT2D eigenvalue weighted by atomic mass is 32.1. The molecule has 5 rings (SSSR count). The number of carbonyl (C=O) groups is 2. The van der Waals surface area contributed by atoms with Crippen molar-refractivity contribution in [2.24, 2.45) is 0 Å². The molecule has 1 spiro atoms. The van der Waals surface area contributed by atoms with Gasteiger partial charge in [-0.1, -0.05) is 6.07 Å². The summed E-state index contributed by atoms with van der Waals surface area (Å²) in [6.45, 7) is 1.83. The predicted octanol–water partition coefficient (Wildman–Crippen LogP) is 5.93. The number of hydrogen-bond acceptors (Lipinski definition) is 5. The summed E-state index contributed by atoms with van der Waals surface area (Å²) in [5, 5.41) is 13.2. The number of aromatic carboxylic acids is 1. The summed E-state index contributed by atoms with van der Waals surface area (Å²) in [7, 11) is 0. The van der Waals surface area contributed by atoms with Crippen molar-refractivity contribution in [3.8, 4) is 0 Å². The van der Waals surface area contributed by atoms with Crippen molar-refractivity contribution in [2.45, 2.75) is 50.1 Å². The van der Waals surface area contributed by atoms with E-state index in [4.69, 9.17) is 5.11 Å². The van der Waals surface area contributed by atoms with Crippen LogP contribution in [0.2, 0.25) is 0 Å². The SMILES string of the molecule is O=C(O)c1nn(C(=O)N2CCC3(CCCN3Cc3cc4ccc(C(F)(F)F)cc4s3)CC2)cc1C(F)(F)F. The third kappa shape index (κ3) is 4.86. The number of carbonyl (C=O) groups excluding carboxylic acids is 1. The van der Waals surface area contributed by atoms with Crippen LogP contribution >= 0.6 is 11.3 Å². The summed E-state index contributed by atoms with van der Waals surface area (Å²) in [5.74, 6) is -1.88. The van der Waals surface area contributed by atoms with Crippen molar-refractivity contribution in [3.05, 3.63) is 52.2 Å². The summed E-state index contributed by atoms with van der Waals surface area (Å²) >= 11 is 1.31. The van der Waals surface area contributed by atoms with Crippen molar-refractivity contribution in [1.82, 2.24) is 19.6 Å². The second-order valence-electron chi connectivity index (χ2n) is 9.62. The lowest BCUT2D eigenvalue weighted by molar-refractivity contribution is -0.138. The van der Waals surface area contributed by atoms with E-state index >= 15 is 0 Å². The lowest BCUT2D eigenvalue weighted by atomic mass is 9.85. The van der Waals surface area contributed by atoms with E-state index in [1.165, 1.54) is 22.3 Å². The van der Waals surface area contributed by atoms with Crippen LogP contribution in [0.25, 0.3) is 10.1 Å². The van der Waals surface area contributed by atoms with Crippen molar-refractivity contribution >= 4 is 33.4 Å². The van der Waals surface area contributed by atoms with E-state index in [1.807, 2.05) is 6.07 Å². The van der Waals surface area contributed by atoms with Gasteiger partial charge in [0.25, 0.3) is 0 Å². The Kier molecular flexibility index (Phi) is 6.45. The number of amides is 1. The highest BCUT2D eigenvalue weighted by Crippen LogP contribution is 2.41. The van der Waals surface area contributed by atoms with Gasteiger partial charge in [0.05, 0.1) is 5.56 Å². The second kappa shape index (κ2) is 9.26. The van der Waals surface area contributed by atoms with Crippen LogP contribution in [0.15, 0.2) is 30.5 Å². The number of rotatable bonds is 3. The molecule has 2 fully saturated rings. The monoisotopic (exact) mass is 560 g/mol. The summed E-state index contributed by atoms with van der Waals surface area (Å²) in [6.07, 6.45) is -6.09. The average molecular weight is 561 g/mol. The van der Waals surface area contributed by atoms with Gasteiger partial charge in [-0.05, 0) is 55.8 Å². The summed E-state index contributed by atoms with van der Waals surface area (Å²) < 4.78 is 79.8. The zero-order valence-corrected chi connectivity index (χ0v) is 20.6. The number of hydrogen-bond donors (Lipinski definition) is 1. The van der Waals surface area contributed by atoms with E-state index < -0.39 is 41.2 Å². The molecule has 1 amide bonds. The van der Waals surface area contributed by atoms with E-state index in [9.17, 15) is 35.9 Å². The maximum atomic E-state index is 13.2. The van der Waals surface area contributed by atoms with Gasteiger partial charge in [-0.3, -0.25) is 4.90 Å². The molecular weight excluding hydrogens is 538 g/mol. The molecule has 0 saturated carbocycles. The summed E-state index contributed by atoms with van der Waals surface area (Å²) in [6, 6.07) is 4.76. The maximum Gasteiger partial charge on any atom is 0.420 e. The molecule has 2 aliphatic rings. The van der Waals surface area contributed by atoms with Crippen molar-refractivity contribution in [2.75, 3.05) is 19.6 Å². The highest BCUT2D eigenvalue weighted by molar-refractivity contribution is 7.19. The van der Waals surface area contributed by atoms with Crippen molar-refractivity contribution in [1.29, 1.82) is 0 Å². The van der Waals surface area contributed by atoms with Crippen molar-refractivity contribution < 1.29 is 41.0 Å². The zero-order chi connectivity index (χ0) is 27.5. The molecule has 38 heavy (non-hydrogen) atoms. The van der Waals surface area contributed by atoms with Crippen LogP contribution in [0.3, 0.4) is 0 Å². The minimum absolute atomic E-state index is 0.239. The van der Waals surface area contributed by atoms with Gasteiger partial charge in [-0.15, -0.1) is 11.3 Å². The molecule has 204 valence electrons. The van der Waals surface area contributed by atoms with Gasteiger partial charge in [0.1, 0.15) is 5.56 Å². The summed E-state index contributed by atoms with van der Waals surface area (Å²) in [5.41, 5.74) is -3.65. The van der Waals surface area contributed by atoms with Crippen LogP contribution in [0.4, 0.5) is 31.1 Å². The van der Waals surface area contributed by atoms with Crippen LogP contribution in [0.1, 0.15) is 52.2 Å². The third-order valence-electron chi connectivity index (χ3n) is 7.37.